The number of rotatable bonds is 1. The van der Waals surface area contributed by atoms with Crippen LogP contribution in [0.15, 0.2) is 0 Å². The van der Waals surface area contributed by atoms with Gasteiger partial charge in [0.15, 0.2) is 0 Å². The van der Waals surface area contributed by atoms with Crippen molar-refractivity contribution in [2.24, 2.45) is 0 Å². The van der Waals surface area contributed by atoms with Crippen molar-refractivity contribution in [1.82, 2.24) is 5.43 Å². The number of hydrogen-bond acceptors (Lipinski definition) is 3. The zero-order valence-electron chi connectivity index (χ0n) is 5.59. The van der Waals surface area contributed by atoms with Crippen LogP contribution in [0.25, 0.3) is 0 Å². The van der Waals surface area contributed by atoms with E-state index in [1.807, 2.05) is 0 Å². The lowest BCUT2D eigenvalue weighted by atomic mass is 10.5. The third kappa shape index (κ3) is 1.62. The highest BCUT2D eigenvalue weighted by molar-refractivity contribution is 4.44. The number of ether oxygens (including phenoxy) is 1. The fourth-order valence-corrected chi connectivity index (χ4v) is 0.861. The van der Waals surface area contributed by atoms with E-state index < -0.39 is 0 Å². The Morgan fingerprint density at radius 2 is 2.00 bits per heavy atom. The first kappa shape index (κ1) is 6.95. The lowest BCUT2D eigenvalue weighted by molar-refractivity contribution is -0.929. The minimum absolute atomic E-state index is 0.306. The van der Waals surface area contributed by atoms with Crippen LogP contribution in [-0.4, -0.2) is 38.1 Å². The predicted octanol–water partition coefficient (Wildman–Crippen LogP) is -0.534. The summed E-state index contributed by atoms with van der Waals surface area (Å²) < 4.78 is 4.71. The number of quaternary nitrogens is 1. The van der Waals surface area contributed by atoms with E-state index >= 15 is 0 Å². The van der Waals surface area contributed by atoms with E-state index in [0.29, 0.717) is 26.3 Å². The third-order valence-corrected chi connectivity index (χ3v) is 1.60. The highest BCUT2D eigenvalue weighted by Crippen LogP contribution is 2.02. The van der Waals surface area contributed by atoms with Gasteiger partial charge in [0.1, 0.15) is 13.1 Å². The van der Waals surface area contributed by atoms with Crippen LogP contribution in [0, 0.1) is 5.21 Å². The molecule has 0 aromatic rings. The van der Waals surface area contributed by atoms with E-state index in [0.717, 1.165) is 0 Å². The van der Waals surface area contributed by atoms with Gasteiger partial charge in [-0.15, -0.1) is 0 Å². The van der Waals surface area contributed by atoms with E-state index in [1.165, 1.54) is 0 Å². The summed E-state index contributed by atoms with van der Waals surface area (Å²) >= 11 is 0. The molecule has 0 radical (unpaired) electrons. The van der Waals surface area contributed by atoms with Gasteiger partial charge < -0.3 is 9.94 Å². The van der Waals surface area contributed by atoms with Crippen LogP contribution < -0.4 is 5.43 Å². The molecule has 0 bridgehead atoms. The van der Waals surface area contributed by atoms with Crippen molar-refractivity contribution >= 4 is 0 Å². The topological polar surface area (TPSA) is 44.3 Å². The Morgan fingerprint density at radius 1 is 1.44 bits per heavy atom. The first-order valence-electron chi connectivity index (χ1n) is 3.12. The number of nitrogens with zero attached hydrogens (tertiary/aromatic N) is 1. The van der Waals surface area contributed by atoms with Crippen LogP contribution in [0.3, 0.4) is 0 Å². The number of hydrogen-bond donors (Lipinski definition) is 1. The van der Waals surface area contributed by atoms with Crippen LogP contribution in [0.5, 0.6) is 0 Å². The zero-order valence-corrected chi connectivity index (χ0v) is 5.59. The first-order chi connectivity index (χ1) is 4.27. The van der Waals surface area contributed by atoms with Crippen molar-refractivity contribution < 1.29 is 9.49 Å². The Bertz CT molecular complexity index is 91.0. The predicted molar refractivity (Wildman–Crippen MR) is 33.2 cm³/mol. The first-order valence-corrected chi connectivity index (χ1v) is 3.12. The summed E-state index contributed by atoms with van der Waals surface area (Å²) in [5, 5.41) is 11.2. The molecule has 0 atom stereocenters. The summed E-state index contributed by atoms with van der Waals surface area (Å²) in [6.07, 6.45) is 0. The fraction of sp³-hybridized carbons (Fsp3) is 1.00. The molecule has 4 heteroatoms. The average Bonchev–Trinajstić information content (AvgIpc) is 1.90. The maximum Gasteiger partial charge on any atom is 0.120 e. The maximum atomic E-state index is 11.2. The van der Waals surface area contributed by atoms with Crippen molar-refractivity contribution in [3.63, 3.8) is 0 Å². The molecule has 1 aliphatic rings. The van der Waals surface area contributed by atoms with E-state index in [4.69, 9.17) is 4.74 Å². The van der Waals surface area contributed by atoms with Gasteiger partial charge in [-0.3, -0.25) is 4.76 Å². The zero-order chi connectivity index (χ0) is 6.74. The van der Waals surface area contributed by atoms with Gasteiger partial charge in [-0.05, 0) is 0 Å². The number of nitrogens with one attached hydrogen (secondary N) is 1. The van der Waals surface area contributed by atoms with Gasteiger partial charge in [-0.2, -0.15) is 5.43 Å². The van der Waals surface area contributed by atoms with Crippen molar-refractivity contribution in [3.8, 4) is 0 Å². The van der Waals surface area contributed by atoms with Gasteiger partial charge in [-0.25, -0.2) is 0 Å². The van der Waals surface area contributed by atoms with Crippen LogP contribution in [-0.2, 0) is 4.74 Å². The Labute approximate surface area is 54.5 Å². The third-order valence-electron chi connectivity index (χ3n) is 1.60. The van der Waals surface area contributed by atoms with Crippen LogP contribution in [0.1, 0.15) is 0 Å². The molecule has 0 spiro atoms. The second kappa shape index (κ2) is 2.62. The smallest absolute Gasteiger partial charge is 0.120 e. The number of hydroxylamine groups is 2. The summed E-state index contributed by atoms with van der Waals surface area (Å²) in [6.45, 7) is 2.20. The van der Waals surface area contributed by atoms with Crippen LogP contribution in [0.4, 0.5) is 0 Å². The van der Waals surface area contributed by atoms with Gasteiger partial charge in [0.2, 0.25) is 0 Å². The van der Waals surface area contributed by atoms with Crippen molar-refractivity contribution in [2.75, 3.05) is 33.4 Å². The molecule has 0 unspecified atom stereocenters. The van der Waals surface area contributed by atoms with E-state index in [1.54, 1.807) is 7.05 Å². The second-order valence-corrected chi connectivity index (χ2v) is 2.17. The van der Waals surface area contributed by atoms with E-state index in [-0.39, 0.29) is 4.76 Å². The molecule has 0 amide bonds. The summed E-state index contributed by atoms with van der Waals surface area (Å²) in [5.74, 6) is 0. The summed E-state index contributed by atoms with van der Waals surface area (Å²) in [4.78, 5) is 0. The Morgan fingerprint density at radius 3 is 2.33 bits per heavy atom. The van der Waals surface area contributed by atoms with E-state index in [2.05, 4.69) is 5.43 Å². The molecule has 1 N–H and O–H groups in total. The highest BCUT2D eigenvalue weighted by Gasteiger charge is 2.18. The summed E-state index contributed by atoms with van der Waals surface area (Å²) in [7, 11) is 1.68. The molecular formula is C5H12N2O2. The molecule has 0 aromatic carbocycles. The Hall–Kier alpha value is -0.160. The lowest BCUT2D eigenvalue weighted by Crippen LogP contribution is -2.57. The molecule has 0 aliphatic carbocycles. The molecular weight excluding hydrogens is 120 g/mol. The second-order valence-electron chi connectivity index (χ2n) is 2.17. The van der Waals surface area contributed by atoms with Gasteiger partial charge in [0.25, 0.3) is 0 Å². The van der Waals surface area contributed by atoms with Crippen molar-refractivity contribution in [2.45, 2.75) is 0 Å². The standard InChI is InChI=1S/C5H12N2O2/c1-6-7(8)2-4-9-5-3-7/h6H,2-5H2,1H3. The summed E-state index contributed by atoms with van der Waals surface area (Å²) in [5.41, 5.74) is 2.68. The quantitative estimate of drug-likeness (QED) is 0.385. The molecule has 1 saturated heterocycles. The lowest BCUT2D eigenvalue weighted by Gasteiger charge is -2.42. The largest absolute Gasteiger partial charge is 0.611 e. The molecule has 4 nitrogen and oxygen atoms in total. The fourth-order valence-electron chi connectivity index (χ4n) is 0.861. The molecule has 0 saturated carbocycles. The minimum atomic E-state index is -0.306. The maximum absolute atomic E-state index is 11.2. The molecule has 1 aliphatic heterocycles. The molecule has 9 heavy (non-hydrogen) atoms. The normalized spacial score (nSPS) is 26.0. The molecule has 54 valence electrons. The molecule has 1 fully saturated rings. The van der Waals surface area contributed by atoms with E-state index in [9.17, 15) is 5.21 Å². The SMILES string of the molecule is CN[N+]1([O-])CCOCC1. The number of morpholine rings is 1. The Balaban J connectivity index is 2.37. The van der Waals surface area contributed by atoms with Gasteiger partial charge in [0, 0.05) is 7.05 Å². The minimum Gasteiger partial charge on any atom is -0.611 e. The molecule has 1 heterocycles. The van der Waals surface area contributed by atoms with Crippen LogP contribution in [0.2, 0.25) is 0 Å². The van der Waals surface area contributed by atoms with Crippen molar-refractivity contribution in [3.05, 3.63) is 5.21 Å². The van der Waals surface area contributed by atoms with Gasteiger partial charge in [-0.1, -0.05) is 0 Å². The highest BCUT2D eigenvalue weighted by atomic mass is 16.6. The van der Waals surface area contributed by atoms with Gasteiger partial charge in [0.05, 0.1) is 13.2 Å². The molecule has 1 rings (SSSR count). The summed E-state index contributed by atoms with van der Waals surface area (Å²) in [6, 6.07) is 0. The average molecular weight is 132 g/mol. The molecule has 0 aromatic heterocycles. The van der Waals surface area contributed by atoms with Crippen molar-refractivity contribution in [1.29, 1.82) is 0 Å². The van der Waals surface area contributed by atoms with Gasteiger partial charge >= 0.3 is 0 Å². The van der Waals surface area contributed by atoms with Crippen LogP contribution >= 0.6 is 0 Å². The Kier molecular flexibility index (Phi) is 2.02. The monoisotopic (exact) mass is 132 g/mol.